The predicted octanol–water partition coefficient (Wildman–Crippen LogP) is 2.78. The lowest BCUT2D eigenvalue weighted by Crippen LogP contribution is -2.23. The Bertz CT molecular complexity index is 928. The van der Waals surface area contributed by atoms with Gasteiger partial charge in [-0.25, -0.2) is 9.78 Å². The van der Waals surface area contributed by atoms with Crippen LogP contribution in [0.4, 0.5) is 0 Å². The number of aryl methyl sites for hydroxylation is 2. The van der Waals surface area contributed by atoms with Crippen molar-refractivity contribution >= 4 is 23.2 Å². The number of aromatic carboxylic acids is 1. The molecule has 25 heavy (non-hydrogen) atoms. The number of aromatic nitrogens is 3. The van der Waals surface area contributed by atoms with Crippen LogP contribution in [-0.2, 0) is 6.54 Å². The lowest BCUT2D eigenvalue weighted by atomic mass is 10.1. The van der Waals surface area contributed by atoms with E-state index in [-0.39, 0.29) is 17.3 Å². The number of amides is 1. The van der Waals surface area contributed by atoms with Gasteiger partial charge in [-0.1, -0.05) is 29.8 Å². The highest BCUT2D eigenvalue weighted by molar-refractivity contribution is 7.13. The molecule has 1 amide bonds. The molecule has 1 aromatic carbocycles. The summed E-state index contributed by atoms with van der Waals surface area (Å²) in [6.07, 6.45) is 0. The number of carboxylic acids is 1. The monoisotopic (exact) mass is 356 g/mol. The van der Waals surface area contributed by atoms with Gasteiger partial charge in [0.1, 0.15) is 15.6 Å². The van der Waals surface area contributed by atoms with Gasteiger partial charge < -0.3 is 10.4 Å². The summed E-state index contributed by atoms with van der Waals surface area (Å²) in [6.45, 7) is 3.80. The van der Waals surface area contributed by atoms with E-state index in [9.17, 15) is 9.59 Å². The van der Waals surface area contributed by atoms with Crippen molar-refractivity contribution < 1.29 is 14.7 Å². The molecule has 2 heterocycles. The van der Waals surface area contributed by atoms with Gasteiger partial charge in [0.2, 0.25) is 0 Å². The van der Waals surface area contributed by atoms with Gasteiger partial charge in [0.25, 0.3) is 5.91 Å². The van der Waals surface area contributed by atoms with E-state index < -0.39 is 5.97 Å². The number of H-pyrrole nitrogens is 1. The first-order valence-electron chi connectivity index (χ1n) is 7.54. The molecule has 7 nitrogen and oxygen atoms in total. The summed E-state index contributed by atoms with van der Waals surface area (Å²) in [5.41, 5.74) is 3.54. The van der Waals surface area contributed by atoms with Gasteiger partial charge in [-0.15, -0.1) is 11.3 Å². The molecule has 128 valence electrons. The van der Waals surface area contributed by atoms with Crippen molar-refractivity contribution in [3.05, 3.63) is 57.2 Å². The number of rotatable bonds is 5. The fourth-order valence-corrected chi connectivity index (χ4v) is 3.13. The first kappa shape index (κ1) is 16.8. The molecule has 0 saturated heterocycles. The zero-order valence-electron chi connectivity index (χ0n) is 13.7. The minimum absolute atomic E-state index is 0.163. The third-order valence-electron chi connectivity index (χ3n) is 3.61. The van der Waals surface area contributed by atoms with Crippen LogP contribution in [0.1, 0.15) is 36.4 Å². The average molecular weight is 356 g/mol. The molecular weight excluding hydrogens is 340 g/mol. The van der Waals surface area contributed by atoms with Crippen molar-refractivity contribution in [1.82, 2.24) is 20.5 Å². The van der Waals surface area contributed by atoms with Crippen LogP contribution in [0.5, 0.6) is 0 Å². The number of carboxylic acid groups (broad SMARTS) is 1. The van der Waals surface area contributed by atoms with Gasteiger partial charge in [0.15, 0.2) is 0 Å². The largest absolute Gasteiger partial charge is 0.477 e. The Balaban J connectivity index is 1.67. The van der Waals surface area contributed by atoms with Crippen molar-refractivity contribution in [3.63, 3.8) is 0 Å². The van der Waals surface area contributed by atoms with Crippen molar-refractivity contribution in [1.29, 1.82) is 0 Å². The van der Waals surface area contributed by atoms with Crippen LogP contribution in [0.3, 0.4) is 0 Å². The summed E-state index contributed by atoms with van der Waals surface area (Å²) in [6, 6.07) is 9.52. The van der Waals surface area contributed by atoms with Crippen molar-refractivity contribution in [2.45, 2.75) is 20.4 Å². The van der Waals surface area contributed by atoms with Crippen LogP contribution in [0.2, 0.25) is 0 Å². The molecule has 0 bridgehead atoms. The summed E-state index contributed by atoms with van der Waals surface area (Å²) >= 11 is 1.06. The number of thiazole rings is 1. The fraction of sp³-hybridized carbons (Fsp3) is 0.176. The Kier molecular flexibility index (Phi) is 4.62. The second kappa shape index (κ2) is 6.86. The Morgan fingerprint density at radius 3 is 2.60 bits per heavy atom. The first-order chi connectivity index (χ1) is 11.9. The van der Waals surface area contributed by atoms with Crippen LogP contribution in [0.25, 0.3) is 11.3 Å². The van der Waals surface area contributed by atoms with E-state index >= 15 is 0 Å². The van der Waals surface area contributed by atoms with Crippen molar-refractivity contribution in [2.75, 3.05) is 0 Å². The quantitative estimate of drug-likeness (QED) is 0.651. The van der Waals surface area contributed by atoms with E-state index in [0.717, 1.165) is 22.5 Å². The normalized spacial score (nSPS) is 10.6. The predicted molar refractivity (Wildman–Crippen MR) is 93.7 cm³/mol. The van der Waals surface area contributed by atoms with Crippen LogP contribution >= 0.6 is 11.3 Å². The molecule has 2 aromatic heterocycles. The second-order valence-corrected chi connectivity index (χ2v) is 6.63. The summed E-state index contributed by atoms with van der Waals surface area (Å²) in [7, 11) is 0. The third kappa shape index (κ3) is 3.74. The SMILES string of the molecule is Cc1ccc(-c2cc(C(=O)NCc3nc(C)c(C(=O)O)s3)[nH]n2)cc1. The summed E-state index contributed by atoms with van der Waals surface area (Å²) < 4.78 is 0. The van der Waals surface area contributed by atoms with Crippen LogP contribution in [0.15, 0.2) is 30.3 Å². The molecule has 0 fully saturated rings. The molecular formula is C17H16N4O3S. The van der Waals surface area contributed by atoms with E-state index in [1.807, 2.05) is 31.2 Å². The number of nitrogens with zero attached hydrogens (tertiary/aromatic N) is 2. The van der Waals surface area contributed by atoms with Gasteiger partial charge >= 0.3 is 5.97 Å². The molecule has 0 unspecified atom stereocenters. The second-order valence-electron chi connectivity index (χ2n) is 5.54. The number of hydrogen-bond donors (Lipinski definition) is 3. The molecule has 0 aliphatic heterocycles. The minimum atomic E-state index is -1.01. The van der Waals surface area contributed by atoms with Crippen molar-refractivity contribution in [3.8, 4) is 11.3 Å². The zero-order chi connectivity index (χ0) is 18.0. The lowest BCUT2D eigenvalue weighted by Gasteiger charge is -1.99. The number of aromatic amines is 1. The van der Waals surface area contributed by atoms with E-state index in [2.05, 4.69) is 20.5 Å². The first-order valence-corrected chi connectivity index (χ1v) is 8.36. The average Bonchev–Trinajstić information content (AvgIpc) is 3.20. The van der Waals surface area contributed by atoms with E-state index in [4.69, 9.17) is 5.11 Å². The number of nitrogens with one attached hydrogen (secondary N) is 2. The van der Waals surface area contributed by atoms with Crippen LogP contribution < -0.4 is 5.32 Å². The summed E-state index contributed by atoms with van der Waals surface area (Å²) in [5, 5.41) is 19.2. The van der Waals surface area contributed by atoms with Crippen LogP contribution in [0, 0.1) is 13.8 Å². The van der Waals surface area contributed by atoms with Gasteiger partial charge in [-0.3, -0.25) is 9.89 Å². The molecule has 8 heteroatoms. The van der Waals surface area contributed by atoms with E-state index in [0.29, 0.717) is 22.1 Å². The van der Waals surface area contributed by atoms with E-state index in [1.54, 1.807) is 13.0 Å². The Labute approximate surface area is 147 Å². The number of carbonyl (C=O) groups is 2. The topological polar surface area (TPSA) is 108 Å². The lowest BCUT2D eigenvalue weighted by molar-refractivity contribution is 0.0701. The zero-order valence-corrected chi connectivity index (χ0v) is 14.5. The van der Waals surface area contributed by atoms with Gasteiger partial charge in [-0.2, -0.15) is 5.10 Å². The number of carbonyl (C=O) groups excluding carboxylic acids is 1. The summed E-state index contributed by atoms with van der Waals surface area (Å²) in [5.74, 6) is -1.33. The molecule has 3 aromatic rings. The van der Waals surface area contributed by atoms with Gasteiger partial charge in [0.05, 0.1) is 17.9 Å². The Morgan fingerprint density at radius 1 is 1.24 bits per heavy atom. The Morgan fingerprint density at radius 2 is 1.96 bits per heavy atom. The van der Waals surface area contributed by atoms with Gasteiger partial charge in [-0.05, 0) is 19.9 Å². The Hall–Kier alpha value is -3.00. The third-order valence-corrected chi connectivity index (χ3v) is 4.75. The van der Waals surface area contributed by atoms with Crippen LogP contribution in [-0.4, -0.2) is 32.2 Å². The maximum Gasteiger partial charge on any atom is 0.347 e. The standard InChI is InChI=1S/C17H16N4O3S/c1-9-3-5-11(6-4-9)12-7-13(21-20-12)16(22)18-8-14-19-10(2)15(25-14)17(23)24/h3-7H,8H2,1-2H3,(H,18,22)(H,20,21)(H,23,24). The highest BCUT2D eigenvalue weighted by Crippen LogP contribution is 2.19. The molecule has 0 aliphatic rings. The fourth-order valence-electron chi connectivity index (χ4n) is 2.29. The summed E-state index contributed by atoms with van der Waals surface area (Å²) in [4.78, 5) is 27.6. The molecule has 0 atom stereocenters. The number of hydrogen-bond acceptors (Lipinski definition) is 5. The highest BCUT2D eigenvalue weighted by Gasteiger charge is 2.15. The highest BCUT2D eigenvalue weighted by atomic mass is 32.1. The van der Waals surface area contributed by atoms with Crippen molar-refractivity contribution in [2.24, 2.45) is 0 Å². The smallest absolute Gasteiger partial charge is 0.347 e. The van der Waals surface area contributed by atoms with Gasteiger partial charge in [0, 0.05) is 5.56 Å². The van der Waals surface area contributed by atoms with E-state index in [1.165, 1.54) is 0 Å². The molecule has 0 radical (unpaired) electrons. The molecule has 0 aliphatic carbocycles. The maximum absolute atomic E-state index is 12.2. The number of benzene rings is 1. The molecule has 0 spiro atoms. The molecule has 3 N–H and O–H groups in total. The maximum atomic E-state index is 12.2. The molecule has 0 saturated carbocycles. The minimum Gasteiger partial charge on any atom is -0.477 e. The molecule has 3 rings (SSSR count).